The molecule has 0 bridgehead atoms. The van der Waals surface area contributed by atoms with Gasteiger partial charge in [-0.05, 0) is 26.0 Å². The normalized spacial score (nSPS) is 17.6. The van der Waals surface area contributed by atoms with E-state index in [4.69, 9.17) is 25.8 Å². The second-order valence-electron chi connectivity index (χ2n) is 8.53. The maximum atomic E-state index is 13.3. The van der Waals surface area contributed by atoms with Crippen molar-refractivity contribution in [3.05, 3.63) is 56.1 Å². The number of nitrogens with one attached hydrogen (secondary N) is 1. The number of halogens is 1. The number of benzene rings is 2. The molecule has 3 atom stereocenters. The Morgan fingerprint density at radius 3 is 2.49 bits per heavy atom. The molecule has 37 heavy (non-hydrogen) atoms. The van der Waals surface area contributed by atoms with Gasteiger partial charge in [0, 0.05) is 36.1 Å². The van der Waals surface area contributed by atoms with Crippen molar-refractivity contribution in [2.24, 2.45) is 0 Å². The van der Waals surface area contributed by atoms with Crippen LogP contribution < -0.4 is 14.8 Å². The lowest BCUT2D eigenvalue weighted by atomic mass is 9.85. The van der Waals surface area contributed by atoms with Gasteiger partial charge in [0.2, 0.25) is 0 Å². The number of ether oxygens (including phenoxy) is 3. The number of phenolic OH excluding ortho intramolecular Hbond substituents is 1. The molecule has 198 valence electrons. The van der Waals surface area contributed by atoms with Crippen molar-refractivity contribution in [2.75, 3.05) is 20.8 Å². The Hall–Kier alpha value is -3.70. The summed E-state index contributed by atoms with van der Waals surface area (Å²) in [6.45, 7) is 3.58. The van der Waals surface area contributed by atoms with Crippen molar-refractivity contribution in [1.82, 2.24) is 5.32 Å². The first-order chi connectivity index (χ1) is 17.5. The lowest BCUT2D eigenvalue weighted by molar-refractivity contribution is -0.384. The third-order valence-corrected chi connectivity index (χ3v) is 6.68. The van der Waals surface area contributed by atoms with Gasteiger partial charge in [0.05, 0.1) is 31.6 Å². The highest BCUT2D eigenvalue weighted by Gasteiger charge is 2.39. The Kier molecular flexibility index (Phi) is 8.72. The number of Topliss-reactive ketones (excluding diaryl/α,β-unsaturated/α-hetero) is 2. The number of carbonyl (C=O) groups excluding carboxylic acids is 3. The highest BCUT2D eigenvalue weighted by molar-refractivity contribution is 6.36. The predicted octanol–water partition coefficient (Wildman–Crippen LogP) is 3.82. The number of phenols is 1. The molecule has 0 aromatic heterocycles. The Morgan fingerprint density at radius 1 is 1.22 bits per heavy atom. The lowest BCUT2D eigenvalue weighted by Crippen LogP contribution is -2.39. The Balaban J connectivity index is 2.03. The summed E-state index contributed by atoms with van der Waals surface area (Å²) in [6, 6.07) is 4.79. The summed E-state index contributed by atoms with van der Waals surface area (Å²) < 4.78 is 16.2. The van der Waals surface area contributed by atoms with Gasteiger partial charge in [0.25, 0.3) is 5.69 Å². The summed E-state index contributed by atoms with van der Waals surface area (Å²) in [5.74, 6) is -2.58. The predicted molar refractivity (Wildman–Crippen MR) is 133 cm³/mol. The SMILES string of the molecule is COc1cc(OC)c(C2CCNC2C(C)OC(C)=O)c(O)c1C(=O)CC(=O)c1cccc([N+](=O)[O-])c1Cl. The molecule has 2 N–H and O–H groups in total. The number of hydrogen-bond acceptors (Lipinski definition) is 10. The van der Waals surface area contributed by atoms with Gasteiger partial charge in [-0.15, -0.1) is 0 Å². The number of aromatic hydroxyl groups is 1. The molecule has 0 radical (unpaired) electrons. The van der Waals surface area contributed by atoms with Crippen LogP contribution in [-0.2, 0) is 9.53 Å². The number of nitrogens with zero attached hydrogens (tertiary/aromatic N) is 1. The minimum Gasteiger partial charge on any atom is -0.507 e. The van der Waals surface area contributed by atoms with Crippen LogP contribution in [0.5, 0.6) is 17.2 Å². The van der Waals surface area contributed by atoms with Gasteiger partial charge in [0.1, 0.15) is 33.9 Å². The molecule has 1 heterocycles. The van der Waals surface area contributed by atoms with E-state index in [0.29, 0.717) is 18.5 Å². The Labute approximate surface area is 217 Å². The van der Waals surface area contributed by atoms with Crippen LogP contribution in [0.3, 0.4) is 0 Å². The summed E-state index contributed by atoms with van der Waals surface area (Å²) in [5, 5.41) is 25.4. The van der Waals surface area contributed by atoms with Crippen LogP contribution in [0.1, 0.15) is 58.9 Å². The van der Waals surface area contributed by atoms with E-state index in [1.54, 1.807) is 6.92 Å². The van der Waals surface area contributed by atoms with E-state index in [-0.39, 0.29) is 33.7 Å². The van der Waals surface area contributed by atoms with Crippen molar-refractivity contribution < 1.29 is 38.6 Å². The van der Waals surface area contributed by atoms with Crippen molar-refractivity contribution in [3.8, 4) is 17.2 Å². The highest BCUT2D eigenvalue weighted by atomic mass is 35.5. The second-order valence-corrected chi connectivity index (χ2v) is 8.90. The number of rotatable bonds is 10. The van der Waals surface area contributed by atoms with Crippen LogP contribution in [0.25, 0.3) is 0 Å². The molecule has 0 aliphatic carbocycles. The largest absolute Gasteiger partial charge is 0.507 e. The van der Waals surface area contributed by atoms with Gasteiger partial charge < -0.3 is 24.6 Å². The molecule has 1 aliphatic heterocycles. The van der Waals surface area contributed by atoms with Crippen molar-refractivity contribution in [2.45, 2.75) is 44.8 Å². The molecule has 0 spiro atoms. The first-order valence-corrected chi connectivity index (χ1v) is 11.8. The van der Waals surface area contributed by atoms with Crippen LogP contribution in [0.2, 0.25) is 5.02 Å². The van der Waals surface area contributed by atoms with E-state index < -0.39 is 52.3 Å². The molecule has 2 aromatic carbocycles. The number of nitro groups is 1. The van der Waals surface area contributed by atoms with Crippen molar-refractivity contribution >= 4 is 34.8 Å². The monoisotopic (exact) mass is 534 g/mol. The van der Waals surface area contributed by atoms with Gasteiger partial charge in [-0.3, -0.25) is 24.5 Å². The van der Waals surface area contributed by atoms with Crippen LogP contribution in [-0.4, -0.2) is 60.5 Å². The maximum absolute atomic E-state index is 13.3. The number of hydrogen-bond donors (Lipinski definition) is 2. The van der Waals surface area contributed by atoms with Crippen LogP contribution in [0, 0.1) is 10.1 Å². The zero-order chi connectivity index (χ0) is 27.4. The topological polar surface area (TPSA) is 154 Å². The summed E-state index contributed by atoms with van der Waals surface area (Å²) >= 11 is 6.04. The van der Waals surface area contributed by atoms with Gasteiger partial charge in [-0.25, -0.2) is 0 Å². The van der Waals surface area contributed by atoms with Crippen LogP contribution in [0.4, 0.5) is 5.69 Å². The molecular weight excluding hydrogens is 508 g/mol. The van der Waals surface area contributed by atoms with Crippen molar-refractivity contribution in [1.29, 1.82) is 0 Å². The van der Waals surface area contributed by atoms with E-state index in [2.05, 4.69) is 5.32 Å². The first kappa shape index (κ1) is 27.9. The van der Waals surface area contributed by atoms with Gasteiger partial charge in [-0.1, -0.05) is 17.7 Å². The summed E-state index contributed by atoms with van der Waals surface area (Å²) in [6.07, 6.45) is -0.734. The second kappa shape index (κ2) is 11.6. The molecular formula is C25H27ClN2O9. The fraction of sp³-hybridized carbons (Fsp3) is 0.400. The van der Waals surface area contributed by atoms with Crippen LogP contribution >= 0.6 is 11.6 Å². The van der Waals surface area contributed by atoms with E-state index in [0.717, 1.165) is 6.07 Å². The zero-order valence-electron chi connectivity index (χ0n) is 20.7. The van der Waals surface area contributed by atoms with E-state index in [1.165, 1.54) is 39.3 Å². The molecule has 1 fully saturated rings. The van der Waals surface area contributed by atoms with Crippen molar-refractivity contribution in [3.63, 3.8) is 0 Å². The van der Waals surface area contributed by atoms with E-state index >= 15 is 0 Å². The number of carbonyl (C=O) groups is 3. The molecule has 0 amide bonds. The number of ketones is 2. The number of esters is 1. The molecule has 1 aliphatic rings. The Morgan fingerprint density at radius 2 is 1.89 bits per heavy atom. The highest BCUT2D eigenvalue weighted by Crippen LogP contribution is 2.47. The first-order valence-electron chi connectivity index (χ1n) is 11.4. The third-order valence-electron chi connectivity index (χ3n) is 6.28. The van der Waals surface area contributed by atoms with E-state index in [1.807, 2.05) is 0 Å². The average Bonchev–Trinajstić information content (AvgIpc) is 3.32. The Bertz CT molecular complexity index is 1250. The van der Waals surface area contributed by atoms with E-state index in [9.17, 15) is 29.6 Å². The lowest BCUT2D eigenvalue weighted by Gasteiger charge is -2.28. The number of methoxy groups -OCH3 is 2. The molecule has 0 saturated carbocycles. The minimum atomic E-state index is -0.777. The average molecular weight is 535 g/mol. The molecule has 1 saturated heterocycles. The molecule has 12 heteroatoms. The fourth-order valence-electron chi connectivity index (χ4n) is 4.68. The standard InChI is InChI=1S/C25H27ClN2O9/c1-12(37-13(2)29)24-15(8-9-27-24)21-19(35-3)11-20(36-4)22(25(21)32)18(31)10-17(30)14-6-5-7-16(23(14)26)28(33)34/h5-7,11-12,15,24,27,32H,8-10H2,1-4H3. The summed E-state index contributed by atoms with van der Waals surface area (Å²) in [5.41, 5.74) is -0.582. The quantitative estimate of drug-likeness (QED) is 0.151. The maximum Gasteiger partial charge on any atom is 0.302 e. The molecule has 11 nitrogen and oxygen atoms in total. The zero-order valence-corrected chi connectivity index (χ0v) is 21.5. The number of nitro benzene ring substituents is 1. The molecule has 3 unspecified atom stereocenters. The third kappa shape index (κ3) is 5.67. The minimum absolute atomic E-state index is 0.0171. The van der Waals surface area contributed by atoms with Gasteiger partial charge in [-0.2, -0.15) is 0 Å². The summed E-state index contributed by atoms with van der Waals surface area (Å²) in [4.78, 5) is 48.2. The summed E-state index contributed by atoms with van der Waals surface area (Å²) in [7, 11) is 2.70. The fourth-order valence-corrected chi connectivity index (χ4v) is 4.98. The smallest absolute Gasteiger partial charge is 0.302 e. The molecule has 3 rings (SSSR count). The molecule has 2 aromatic rings. The van der Waals surface area contributed by atoms with Gasteiger partial charge in [0.15, 0.2) is 11.6 Å². The van der Waals surface area contributed by atoms with Gasteiger partial charge >= 0.3 is 5.97 Å². The van der Waals surface area contributed by atoms with Crippen LogP contribution in [0.15, 0.2) is 24.3 Å².